The number of benzene rings is 1. The highest BCUT2D eigenvalue weighted by atomic mass is 32.2. The first-order valence-corrected chi connectivity index (χ1v) is 8.14. The van der Waals surface area contributed by atoms with Crippen LogP contribution in [0.4, 0.5) is 5.69 Å². The van der Waals surface area contributed by atoms with Crippen molar-refractivity contribution in [2.24, 2.45) is 0 Å². The van der Waals surface area contributed by atoms with E-state index in [1.165, 1.54) is 0 Å². The minimum Gasteiger partial charge on any atom is -0.494 e. The Morgan fingerprint density at radius 3 is 2.80 bits per heavy atom. The molecule has 0 heterocycles. The minimum atomic E-state index is -0.104. The van der Waals surface area contributed by atoms with Gasteiger partial charge in [0, 0.05) is 23.4 Å². The van der Waals surface area contributed by atoms with E-state index >= 15 is 0 Å². The smallest absolute Gasteiger partial charge is 0.251 e. The van der Waals surface area contributed by atoms with E-state index in [1.54, 1.807) is 18.2 Å². The molecule has 0 saturated carbocycles. The van der Waals surface area contributed by atoms with Gasteiger partial charge >= 0.3 is 0 Å². The third-order valence-electron chi connectivity index (χ3n) is 2.78. The zero-order valence-electron chi connectivity index (χ0n) is 12.4. The summed E-state index contributed by atoms with van der Waals surface area (Å²) >= 11 is 1.88. The number of thioether (sulfide) groups is 1. The normalized spacial score (nSPS) is 11.9. The van der Waals surface area contributed by atoms with Crippen LogP contribution in [-0.4, -0.2) is 30.1 Å². The van der Waals surface area contributed by atoms with Crippen molar-refractivity contribution in [3.05, 3.63) is 23.8 Å². The standard InChI is InChI=1S/C15H24N2O2S/c1-4-19-14-9-12(8-13(16)10-14)15(18)17-11(3)6-7-20-5-2/h8-11H,4-7,16H2,1-3H3,(H,17,18). The Kier molecular flexibility index (Phi) is 7.30. The van der Waals surface area contributed by atoms with Gasteiger partial charge < -0.3 is 15.8 Å². The van der Waals surface area contributed by atoms with Gasteiger partial charge in [0.2, 0.25) is 0 Å². The Labute approximate surface area is 125 Å². The van der Waals surface area contributed by atoms with E-state index in [4.69, 9.17) is 10.5 Å². The molecule has 5 heteroatoms. The summed E-state index contributed by atoms with van der Waals surface area (Å²) in [5, 5.41) is 2.99. The van der Waals surface area contributed by atoms with Gasteiger partial charge in [0.25, 0.3) is 5.91 Å². The predicted molar refractivity (Wildman–Crippen MR) is 86.6 cm³/mol. The fraction of sp³-hybridized carbons (Fsp3) is 0.533. The Morgan fingerprint density at radius 2 is 2.15 bits per heavy atom. The molecule has 0 saturated heterocycles. The van der Waals surface area contributed by atoms with Crippen LogP contribution in [0.1, 0.15) is 37.6 Å². The Balaban J connectivity index is 2.62. The highest BCUT2D eigenvalue weighted by Gasteiger charge is 2.11. The van der Waals surface area contributed by atoms with Gasteiger partial charge in [-0.1, -0.05) is 6.92 Å². The van der Waals surface area contributed by atoms with Crippen molar-refractivity contribution in [1.29, 1.82) is 0 Å². The molecule has 0 aliphatic carbocycles. The minimum absolute atomic E-state index is 0.104. The van der Waals surface area contributed by atoms with Crippen molar-refractivity contribution >= 4 is 23.4 Å². The van der Waals surface area contributed by atoms with Crippen LogP contribution >= 0.6 is 11.8 Å². The highest BCUT2D eigenvalue weighted by Crippen LogP contribution is 2.19. The van der Waals surface area contributed by atoms with Crippen LogP contribution < -0.4 is 15.8 Å². The molecule has 1 aromatic rings. The molecule has 0 spiro atoms. The molecular weight excluding hydrogens is 272 g/mol. The molecule has 0 aliphatic heterocycles. The number of hydrogen-bond acceptors (Lipinski definition) is 4. The molecule has 0 aromatic heterocycles. The lowest BCUT2D eigenvalue weighted by Gasteiger charge is -2.14. The van der Waals surface area contributed by atoms with Gasteiger partial charge in [-0.3, -0.25) is 4.79 Å². The molecule has 1 unspecified atom stereocenters. The number of carbonyl (C=O) groups excluding carboxylic acids is 1. The lowest BCUT2D eigenvalue weighted by atomic mass is 10.1. The summed E-state index contributed by atoms with van der Waals surface area (Å²) in [6.45, 7) is 6.60. The lowest BCUT2D eigenvalue weighted by molar-refractivity contribution is 0.0939. The van der Waals surface area contributed by atoms with E-state index in [0.29, 0.717) is 23.6 Å². The second-order valence-corrected chi connectivity index (χ2v) is 5.98. The summed E-state index contributed by atoms with van der Waals surface area (Å²) < 4.78 is 5.40. The first kappa shape index (κ1) is 16.7. The van der Waals surface area contributed by atoms with Crippen LogP contribution in [0.15, 0.2) is 18.2 Å². The number of rotatable bonds is 8. The number of nitrogens with one attached hydrogen (secondary N) is 1. The Morgan fingerprint density at radius 1 is 1.40 bits per heavy atom. The maximum absolute atomic E-state index is 12.2. The first-order chi connectivity index (χ1) is 9.56. The van der Waals surface area contributed by atoms with E-state index < -0.39 is 0 Å². The largest absolute Gasteiger partial charge is 0.494 e. The molecule has 0 fully saturated rings. The van der Waals surface area contributed by atoms with Crippen molar-refractivity contribution in [3.8, 4) is 5.75 Å². The fourth-order valence-electron chi connectivity index (χ4n) is 1.79. The van der Waals surface area contributed by atoms with Crippen molar-refractivity contribution < 1.29 is 9.53 Å². The molecule has 4 nitrogen and oxygen atoms in total. The molecule has 3 N–H and O–H groups in total. The van der Waals surface area contributed by atoms with Crippen molar-refractivity contribution in [1.82, 2.24) is 5.32 Å². The zero-order chi connectivity index (χ0) is 15.0. The number of amides is 1. The van der Waals surface area contributed by atoms with Gasteiger partial charge in [-0.15, -0.1) is 0 Å². The predicted octanol–water partition coefficient (Wildman–Crippen LogP) is 2.93. The van der Waals surface area contributed by atoms with Gasteiger partial charge in [0.05, 0.1) is 6.61 Å². The molecule has 1 aromatic carbocycles. The van der Waals surface area contributed by atoms with Crippen LogP contribution in [0.25, 0.3) is 0 Å². The van der Waals surface area contributed by atoms with Crippen LogP contribution in [0.3, 0.4) is 0 Å². The van der Waals surface area contributed by atoms with Crippen molar-refractivity contribution in [2.75, 3.05) is 23.8 Å². The van der Waals surface area contributed by atoms with Gasteiger partial charge in [-0.2, -0.15) is 11.8 Å². The van der Waals surface area contributed by atoms with Crippen molar-refractivity contribution in [2.45, 2.75) is 33.2 Å². The van der Waals surface area contributed by atoms with Crippen molar-refractivity contribution in [3.63, 3.8) is 0 Å². The zero-order valence-corrected chi connectivity index (χ0v) is 13.3. The van der Waals surface area contributed by atoms with Crippen LogP contribution in [0.5, 0.6) is 5.75 Å². The molecule has 0 radical (unpaired) electrons. The number of carbonyl (C=O) groups is 1. The van der Waals surface area contributed by atoms with Gasteiger partial charge in [0.15, 0.2) is 0 Å². The summed E-state index contributed by atoms with van der Waals surface area (Å²) in [6.07, 6.45) is 0.963. The molecular formula is C15H24N2O2S. The van der Waals surface area contributed by atoms with E-state index in [-0.39, 0.29) is 11.9 Å². The average Bonchev–Trinajstić information content (AvgIpc) is 2.38. The maximum Gasteiger partial charge on any atom is 0.251 e. The third kappa shape index (κ3) is 5.74. The molecule has 1 rings (SSSR count). The van der Waals surface area contributed by atoms with E-state index in [0.717, 1.165) is 17.9 Å². The quantitative estimate of drug-likeness (QED) is 0.572. The molecule has 20 heavy (non-hydrogen) atoms. The Hall–Kier alpha value is -1.36. The Bertz CT molecular complexity index is 438. The van der Waals surface area contributed by atoms with Crippen LogP contribution in [-0.2, 0) is 0 Å². The second kappa shape index (κ2) is 8.74. The van der Waals surface area contributed by atoms with E-state index in [9.17, 15) is 4.79 Å². The van der Waals surface area contributed by atoms with Gasteiger partial charge in [-0.05, 0) is 43.9 Å². The number of ether oxygens (including phenoxy) is 1. The highest BCUT2D eigenvalue weighted by molar-refractivity contribution is 7.99. The number of nitrogens with two attached hydrogens (primary N) is 1. The molecule has 1 amide bonds. The average molecular weight is 296 g/mol. The van der Waals surface area contributed by atoms with E-state index in [1.807, 2.05) is 25.6 Å². The van der Waals surface area contributed by atoms with Crippen LogP contribution in [0, 0.1) is 0 Å². The first-order valence-electron chi connectivity index (χ1n) is 6.98. The van der Waals surface area contributed by atoms with Gasteiger partial charge in [0.1, 0.15) is 5.75 Å². The van der Waals surface area contributed by atoms with Gasteiger partial charge in [-0.25, -0.2) is 0 Å². The van der Waals surface area contributed by atoms with E-state index in [2.05, 4.69) is 12.2 Å². The summed E-state index contributed by atoms with van der Waals surface area (Å²) in [6, 6.07) is 5.27. The third-order valence-corrected chi connectivity index (χ3v) is 3.71. The lowest BCUT2D eigenvalue weighted by Crippen LogP contribution is -2.33. The molecule has 0 aliphatic rings. The summed E-state index contributed by atoms with van der Waals surface area (Å²) in [5.74, 6) is 2.69. The van der Waals surface area contributed by atoms with Crippen LogP contribution in [0.2, 0.25) is 0 Å². The SMILES string of the molecule is CCOc1cc(N)cc(C(=O)NC(C)CCSCC)c1. The summed E-state index contributed by atoms with van der Waals surface area (Å²) in [4.78, 5) is 12.2. The molecule has 112 valence electrons. The topological polar surface area (TPSA) is 64.3 Å². The number of anilines is 1. The monoisotopic (exact) mass is 296 g/mol. The fourth-order valence-corrected chi connectivity index (χ4v) is 2.60. The molecule has 1 atom stereocenters. The maximum atomic E-state index is 12.2. The number of nitrogen functional groups attached to an aromatic ring is 1. The summed E-state index contributed by atoms with van der Waals surface area (Å²) in [5.41, 5.74) is 6.88. The second-order valence-electron chi connectivity index (χ2n) is 4.58. The number of hydrogen-bond donors (Lipinski definition) is 2. The molecule has 0 bridgehead atoms. The summed E-state index contributed by atoms with van der Waals surface area (Å²) in [7, 11) is 0.